The van der Waals surface area contributed by atoms with Gasteiger partial charge in [-0.3, -0.25) is 4.79 Å². The summed E-state index contributed by atoms with van der Waals surface area (Å²) in [5, 5.41) is 6.49. The van der Waals surface area contributed by atoms with Gasteiger partial charge in [-0.15, -0.1) is 0 Å². The van der Waals surface area contributed by atoms with Gasteiger partial charge in [0.05, 0.1) is 6.04 Å². The SMILES string of the molecule is CC(=O)Nc1ccc2c(c1)CC1c3ccccc3NC21. The zero-order chi connectivity index (χ0) is 13.7. The van der Waals surface area contributed by atoms with E-state index in [1.807, 2.05) is 6.07 Å². The number of hydrogen-bond donors (Lipinski definition) is 2. The number of para-hydroxylation sites is 1. The molecule has 2 N–H and O–H groups in total. The molecule has 2 unspecified atom stereocenters. The minimum Gasteiger partial charge on any atom is -0.377 e. The van der Waals surface area contributed by atoms with E-state index in [1.54, 1.807) is 6.92 Å². The lowest BCUT2D eigenvalue weighted by atomic mass is 9.96. The van der Waals surface area contributed by atoms with Gasteiger partial charge in [0, 0.05) is 24.2 Å². The third-order valence-electron chi connectivity index (χ3n) is 4.31. The van der Waals surface area contributed by atoms with E-state index < -0.39 is 0 Å². The van der Waals surface area contributed by atoms with Crippen molar-refractivity contribution in [2.45, 2.75) is 25.3 Å². The van der Waals surface area contributed by atoms with Crippen LogP contribution in [0.1, 0.15) is 35.6 Å². The summed E-state index contributed by atoms with van der Waals surface area (Å²) >= 11 is 0. The molecule has 0 aromatic heterocycles. The average Bonchev–Trinajstić information content (AvgIpc) is 2.93. The van der Waals surface area contributed by atoms with E-state index in [9.17, 15) is 4.79 Å². The molecule has 1 aliphatic heterocycles. The molecule has 2 aromatic rings. The number of rotatable bonds is 1. The van der Waals surface area contributed by atoms with Crippen molar-refractivity contribution in [1.29, 1.82) is 0 Å². The van der Waals surface area contributed by atoms with Crippen LogP contribution >= 0.6 is 0 Å². The summed E-state index contributed by atoms with van der Waals surface area (Å²) < 4.78 is 0. The van der Waals surface area contributed by atoms with Gasteiger partial charge in [0.25, 0.3) is 0 Å². The van der Waals surface area contributed by atoms with Gasteiger partial charge >= 0.3 is 0 Å². The third-order valence-corrected chi connectivity index (χ3v) is 4.31. The first-order valence-electron chi connectivity index (χ1n) is 6.98. The number of benzene rings is 2. The second-order valence-electron chi connectivity index (χ2n) is 5.61. The molecule has 0 saturated carbocycles. The Balaban J connectivity index is 1.70. The van der Waals surface area contributed by atoms with Crippen LogP contribution in [0.5, 0.6) is 0 Å². The topological polar surface area (TPSA) is 41.1 Å². The minimum atomic E-state index is -0.0217. The molecule has 0 radical (unpaired) electrons. The van der Waals surface area contributed by atoms with Crippen molar-refractivity contribution in [2.75, 3.05) is 10.6 Å². The van der Waals surface area contributed by atoms with E-state index in [2.05, 4.69) is 47.0 Å². The van der Waals surface area contributed by atoms with Crippen LogP contribution < -0.4 is 10.6 Å². The summed E-state index contributed by atoms with van der Waals surface area (Å²) in [7, 11) is 0. The van der Waals surface area contributed by atoms with Crippen molar-refractivity contribution in [3.8, 4) is 0 Å². The summed E-state index contributed by atoms with van der Waals surface area (Å²) in [4.78, 5) is 11.1. The Morgan fingerprint density at radius 2 is 2.05 bits per heavy atom. The van der Waals surface area contributed by atoms with Crippen molar-refractivity contribution >= 4 is 17.3 Å². The minimum absolute atomic E-state index is 0.0217. The fourth-order valence-electron chi connectivity index (χ4n) is 3.53. The van der Waals surface area contributed by atoms with E-state index in [4.69, 9.17) is 0 Å². The number of nitrogens with one attached hydrogen (secondary N) is 2. The Morgan fingerprint density at radius 1 is 1.20 bits per heavy atom. The van der Waals surface area contributed by atoms with Gasteiger partial charge in [-0.2, -0.15) is 0 Å². The summed E-state index contributed by atoms with van der Waals surface area (Å²) in [6, 6.07) is 15.2. The van der Waals surface area contributed by atoms with Crippen LogP contribution in [0.4, 0.5) is 11.4 Å². The van der Waals surface area contributed by atoms with Gasteiger partial charge in [0.15, 0.2) is 0 Å². The maximum Gasteiger partial charge on any atom is 0.221 e. The quantitative estimate of drug-likeness (QED) is 0.828. The predicted octanol–water partition coefficient (Wildman–Crippen LogP) is 3.45. The lowest BCUT2D eigenvalue weighted by Crippen LogP contribution is -2.07. The Bertz CT molecular complexity index is 708. The molecule has 0 bridgehead atoms. The molecular formula is C17H16N2O. The molecule has 3 nitrogen and oxygen atoms in total. The summed E-state index contributed by atoms with van der Waals surface area (Å²) in [5.74, 6) is 0.500. The van der Waals surface area contributed by atoms with E-state index >= 15 is 0 Å². The van der Waals surface area contributed by atoms with Crippen LogP contribution in [0.2, 0.25) is 0 Å². The third kappa shape index (κ3) is 1.63. The molecule has 1 aliphatic carbocycles. The molecule has 2 aliphatic rings. The molecule has 0 saturated heterocycles. The van der Waals surface area contributed by atoms with E-state index in [1.165, 1.54) is 22.4 Å². The average molecular weight is 264 g/mol. The van der Waals surface area contributed by atoms with E-state index in [-0.39, 0.29) is 5.91 Å². The Kier molecular flexibility index (Phi) is 2.36. The maximum atomic E-state index is 11.1. The molecule has 1 heterocycles. The van der Waals surface area contributed by atoms with Crippen LogP contribution in [0.25, 0.3) is 0 Å². The molecule has 3 heteroatoms. The summed E-state index contributed by atoms with van der Waals surface area (Å²) in [6.07, 6.45) is 1.04. The fourth-order valence-corrected chi connectivity index (χ4v) is 3.53. The van der Waals surface area contributed by atoms with Gasteiger partial charge in [0.1, 0.15) is 0 Å². The zero-order valence-corrected chi connectivity index (χ0v) is 11.3. The van der Waals surface area contributed by atoms with Gasteiger partial charge < -0.3 is 10.6 Å². The van der Waals surface area contributed by atoms with Crippen LogP contribution in [-0.4, -0.2) is 5.91 Å². The zero-order valence-electron chi connectivity index (χ0n) is 11.3. The molecule has 100 valence electrons. The molecular weight excluding hydrogens is 248 g/mol. The summed E-state index contributed by atoms with van der Waals surface area (Å²) in [5.41, 5.74) is 6.27. The highest BCUT2D eigenvalue weighted by Crippen LogP contribution is 2.51. The highest BCUT2D eigenvalue weighted by atomic mass is 16.1. The van der Waals surface area contributed by atoms with Crippen molar-refractivity contribution < 1.29 is 4.79 Å². The number of amides is 1. The highest BCUT2D eigenvalue weighted by Gasteiger charge is 2.39. The van der Waals surface area contributed by atoms with Gasteiger partial charge in [-0.1, -0.05) is 24.3 Å². The lowest BCUT2D eigenvalue weighted by molar-refractivity contribution is -0.114. The Labute approximate surface area is 118 Å². The first-order chi connectivity index (χ1) is 9.72. The van der Waals surface area contributed by atoms with Crippen LogP contribution in [-0.2, 0) is 11.2 Å². The van der Waals surface area contributed by atoms with Crippen molar-refractivity contribution in [3.05, 3.63) is 59.2 Å². The number of hydrogen-bond acceptors (Lipinski definition) is 2. The second-order valence-corrected chi connectivity index (χ2v) is 5.61. The number of carbonyl (C=O) groups excluding carboxylic acids is 1. The van der Waals surface area contributed by atoms with Gasteiger partial charge in [-0.25, -0.2) is 0 Å². The Hall–Kier alpha value is -2.29. The maximum absolute atomic E-state index is 11.1. The predicted molar refractivity (Wildman–Crippen MR) is 80.0 cm³/mol. The fraction of sp³-hybridized carbons (Fsp3) is 0.235. The molecule has 0 fully saturated rings. The standard InChI is InChI=1S/C17H16N2O/c1-10(20)18-12-6-7-13-11(8-12)9-15-14-4-2-3-5-16(14)19-17(13)15/h2-8,15,17,19H,9H2,1H3,(H,18,20). The van der Waals surface area contributed by atoms with Crippen molar-refractivity contribution in [3.63, 3.8) is 0 Å². The van der Waals surface area contributed by atoms with Crippen LogP contribution in [0.3, 0.4) is 0 Å². The molecule has 2 aromatic carbocycles. The van der Waals surface area contributed by atoms with Crippen LogP contribution in [0, 0.1) is 0 Å². The molecule has 2 atom stereocenters. The monoisotopic (exact) mass is 264 g/mol. The smallest absolute Gasteiger partial charge is 0.221 e. The van der Waals surface area contributed by atoms with E-state index in [0.717, 1.165) is 12.1 Å². The first-order valence-corrected chi connectivity index (χ1v) is 6.98. The number of anilines is 2. The molecule has 1 amide bonds. The first kappa shape index (κ1) is 11.5. The normalized spacial score (nSPS) is 21.6. The van der Waals surface area contributed by atoms with Crippen molar-refractivity contribution in [1.82, 2.24) is 0 Å². The largest absolute Gasteiger partial charge is 0.377 e. The van der Waals surface area contributed by atoms with Crippen LogP contribution in [0.15, 0.2) is 42.5 Å². The van der Waals surface area contributed by atoms with Crippen molar-refractivity contribution in [2.24, 2.45) is 0 Å². The van der Waals surface area contributed by atoms with Gasteiger partial charge in [0.2, 0.25) is 5.91 Å². The highest BCUT2D eigenvalue weighted by molar-refractivity contribution is 5.88. The summed E-state index contributed by atoms with van der Waals surface area (Å²) in [6.45, 7) is 1.54. The Morgan fingerprint density at radius 3 is 2.90 bits per heavy atom. The lowest BCUT2D eigenvalue weighted by Gasteiger charge is -2.12. The molecule has 4 rings (SSSR count). The number of carbonyl (C=O) groups is 1. The molecule has 20 heavy (non-hydrogen) atoms. The van der Waals surface area contributed by atoms with E-state index in [0.29, 0.717) is 12.0 Å². The number of fused-ring (bicyclic) bond motifs is 5. The van der Waals surface area contributed by atoms with Gasteiger partial charge in [-0.05, 0) is 41.3 Å². The molecule has 0 spiro atoms. The second kappa shape index (κ2) is 4.10.